The summed E-state index contributed by atoms with van der Waals surface area (Å²) in [5.41, 5.74) is -0.339. The number of carbonyl (C=O) groups excluding carboxylic acids is 2. The molecule has 1 aliphatic heterocycles. The second-order valence-electron chi connectivity index (χ2n) is 9.59. The molecule has 1 N–H and O–H groups in total. The summed E-state index contributed by atoms with van der Waals surface area (Å²) in [6.07, 6.45) is -0.620. The summed E-state index contributed by atoms with van der Waals surface area (Å²) in [5, 5.41) is 2.94. The number of halogens is 3. The molecule has 4 atom stereocenters. The molecule has 6 nitrogen and oxygen atoms in total. The summed E-state index contributed by atoms with van der Waals surface area (Å²) in [6.45, 7) is 8.09. The van der Waals surface area contributed by atoms with Crippen molar-refractivity contribution in [3.8, 4) is 0 Å². The monoisotopic (exact) mass is 404 g/mol. The first-order valence-electron chi connectivity index (χ1n) is 9.64. The number of alkyl halides is 3. The maximum absolute atomic E-state index is 13.3. The van der Waals surface area contributed by atoms with Crippen molar-refractivity contribution in [2.45, 2.75) is 71.3 Å². The van der Waals surface area contributed by atoms with Crippen LogP contribution in [0.1, 0.15) is 47.0 Å². The van der Waals surface area contributed by atoms with Gasteiger partial charge in [-0.05, 0) is 44.1 Å². The van der Waals surface area contributed by atoms with Gasteiger partial charge in [-0.1, -0.05) is 20.8 Å². The fourth-order valence-corrected chi connectivity index (χ4v) is 5.01. The maximum Gasteiger partial charge on any atom is 0.405 e. The van der Waals surface area contributed by atoms with Crippen molar-refractivity contribution >= 4 is 12.1 Å². The fourth-order valence-electron chi connectivity index (χ4n) is 5.01. The fraction of sp³-hybridized carbons (Fsp3) is 0.895. The van der Waals surface area contributed by atoms with Gasteiger partial charge in [0.1, 0.15) is 6.04 Å². The summed E-state index contributed by atoms with van der Waals surface area (Å²) >= 11 is 0. The molecule has 0 aromatic carbocycles. The van der Waals surface area contributed by atoms with Crippen molar-refractivity contribution in [3.63, 3.8) is 0 Å². The van der Waals surface area contributed by atoms with Crippen LogP contribution < -0.4 is 5.32 Å². The Bertz CT molecular complexity index is 633. The molecule has 0 spiro atoms. The van der Waals surface area contributed by atoms with Crippen molar-refractivity contribution in [3.05, 3.63) is 0 Å². The van der Waals surface area contributed by atoms with Gasteiger partial charge in [0, 0.05) is 25.2 Å². The zero-order valence-corrected chi connectivity index (χ0v) is 17.3. The van der Waals surface area contributed by atoms with Crippen LogP contribution in [0.5, 0.6) is 0 Å². The third kappa shape index (κ3) is 5.47. The Kier molecular flexibility index (Phi) is 6.50. The van der Waals surface area contributed by atoms with E-state index in [1.165, 1.54) is 16.8 Å². The molecule has 4 unspecified atom stereocenters. The normalized spacial score (nSPS) is 33.9. The van der Waals surface area contributed by atoms with Crippen LogP contribution in [0, 0.1) is 10.8 Å². The molecule has 1 aliphatic carbocycles. The van der Waals surface area contributed by atoms with Crippen molar-refractivity contribution in [1.82, 2.24) is 15.1 Å². The number of nitrogens with zero attached hydrogens (tertiary/aromatic N) is 3. The number of amides is 2. The van der Waals surface area contributed by atoms with E-state index in [9.17, 15) is 22.8 Å². The van der Waals surface area contributed by atoms with Gasteiger partial charge in [-0.15, -0.1) is 0 Å². The van der Waals surface area contributed by atoms with E-state index < -0.39 is 18.2 Å². The molecule has 2 amide bonds. The maximum atomic E-state index is 13.3. The van der Waals surface area contributed by atoms with Gasteiger partial charge in [0.15, 0.2) is 0 Å². The third-order valence-corrected chi connectivity index (χ3v) is 6.03. The third-order valence-electron chi connectivity index (χ3n) is 6.03. The molecule has 160 valence electrons. The van der Waals surface area contributed by atoms with E-state index in [-0.39, 0.29) is 36.0 Å². The summed E-state index contributed by atoms with van der Waals surface area (Å²) in [7, 11) is 1.45. The molecular weight excluding hydrogens is 373 g/mol. The molecule has 1 saturated heterocycles. The Morgan fingerprint density at radius 1 is 1.25 bits per heavy atom. The van der Waals surface area contributed by atoms with E-state index in [0.717, 1.165) is 12.8 Å². The predicted octanol–water partition coefficient (Wildman–Crippen LogP) is 3.18. The molecule has 28 heavy (non-hydrogen) atoms. The summed E-state index contributed by atoms with van der Waals surface area (Å²) in [5.74, 6) is 0. The number of hydrogen-bond donors (Lipinski definition) is 1. The summed E-state index contributed by atoms with van der Waals surface area (Å²) < 4.78 is 40.0. The molecule has 1 heterocycles. The molecule has 0 bridgehead atoms. The second kappa shape index (κ2) is 8.03. The van der Waals surface area contributed by atoms with E-state index in [2.05, 4.69) is 24.2 Å². The van der Waals surface area contributed by atoms with Crippen LogP contribution in [-0.2, 0) is 4.79 Å². The van der Waals surface area contributed by atoms with Gasteiger partial charge < -0.3 is 10.2 Å². The van der Waals surface area contributed by atoms with E-state index in [4.69, 9.17) is 0 Å². The topological polar surface area (TPSA) is 65.0 Å². The SMILES string of the molecule is CC1CN(C(=O)NC2CC(C)(C)CC(C)(CN=C=O)C2)CC(C(F)(F)F)N1C. The van der Waals surface area contributed by atoms with Gasteiger partial charge in [0.2, 0.25) is 6.08 Å². The van der Waals surface area contributed by atoms with Crippen LogP contribution in [0.2, 0.25) is 0 Å². The van der Waals surface area contributed by atoms with Gasteiger partial charge >= 0.3 is 12.2 Å². The molecule has 1 saturated carbocycles. The Balaban J connectivity index is 2.09. The smallest absolute Gasteiger partial charge is 0.335 e. The summed E-state index contributed by atoms with van der Waals surface area (Å²) in [6, 6.07) is -2.70. The highest BCUT2D eigenvalue weighted by Gasteiger charge is 2.48. The molecule has 0 radical (unpaired) electrons. The number of hydrogen-bond acceptors (Lipinski definition) is 4. The lowest BCUT2D eigenvalue weighted by atomic mass is 9.62. The van der Waals surface area contributed by atoms with Gasteiger partial charge in [-0.25, -0.2) is 14.6 Å². The lowest BCUT2D eigenvalue weighted by Crippen LogP contribution is -2.64. The lowest BCUT2D eigenvalue weighted by Gasteiger charge is -2.47. The van der Waals surface area contributed by atoms with Crippen LogP contribution >= 0.6 is 0 Å². The molecule has 0 aromatic heterocycles. The predicted molar refractivity (Wildman–Crippen MR) is 99.7 cm³/mol. The van der Waals surface area contributed by atoms with E-state index >= 15 is 0 Å². The Morgan fingerprint density at radius 2 is 1.89 bits per heavy atom. The van der Waals surface area contributed by atoms with Crippen LogP contribution in [0.4, 0.5) is 18.0 Å². The summed E-state index contributed by atoms with van der Waals surface area (Å²) in [4.78, 5) is 29.6. The van der Waals surface area contributed by atoms with Crippen molar-refractivity contribution < 1.29 is 22.8 Å². The first-order valence-corrected chi connectivity index (χ1v) is 9.64. The quantitative estimate of drug-likeness (QED) is 0.580. The number of piperazine rings is 1. The average molecular weight is 404 g/mol. The average Bonchev–Trinajstić information content (AvgIpc) is 2.52. The number of aliphatic imine (C=N–C) groups is 1. The minimum Gasteiger partial charge on any atom is -0.335 e. The zero-order valence-electron chi connectivity index (χ0n) is 17.3. The zero-order chi connectivity index (χ0) is 21.3. The van der Waals surface area contributed by atoms with Crippen molar-refractivity contribution in [1.29, 1.82) is 0 Å². The number of nitrogens with one attached hydrogen (secondary N) is 1. The Hall–Kier alpha value is -1.60. The number of urea groups is 1. The minimum atomic E-state index is -4.39. The minimum absolute atomic E-state index is 0.0761. The number of carbonyl (C=O) groups is 1. The molecular formula is C19H31F3N4O2. The lowest BCUT2D eigenvalue weighted by molar-refractivity contribution is -0.196. The van der Waals surface area contributed by atoms with Crippen LogP contribution in [-0.4, -0.2) is 72.9 Å². The van der Waals surface area contributed by atoms with E-state index in [1.54, 1.807) is 13.0 Å². The first kappa shape index (κ1) is 22.7. The highest BCUT2D eigenvalue weighted by Crippen LogP contribution is 2.46. The highest BCUT2D eigenvalue weighted by molar-refractivity contribution is 5.74. The Labute approximate surface area is 164 Å². The van der Waals surface area contributed by atoms with Gasteiger partial charge in [0.25, 0.3) is 0 Å². The van der Waals surface area contributed by atoms with Crippen LogP contribution in [0.25, 0.3) is 0 Å². The second-order valence-corrected chi connectivity index (χ2v) is 9.59. The number of rotatable bonds is 3. The van der Waals surface area contributed by atoms with E-state index in [1.807, 2.05) is 6.92 Å². The number of isocyanates is 1. The van der Waals surface area contributed by atoms with Crippen LogP contribution in [0.3, 0.4) is 0 Å². The van der Waals surface area contributed by atoms with E-state index in [0.29, 0.717) is 13.0 Å². The molecule has 0 aromatic rings. The van der Waals surface area contributed by atoms with Gasteiger partial charge in [0.05, 0.1) is 6.54 Å². The molecule has 9 heteroatoms. The molecule has 2 fully saturated rings. The van der Waals surface area contributed by atoms with Gasteiger partial charge in [-0.3, -0.25) is 4.90 Å². The highest BCUT2D eigenvalue weighted by atomic mass is 19.4. The van der Waals surface area contributed by atoms with Crippen molar-refractivity contribution in [2.24, 2.45) is 15.8 Å². The van der Waals surface area contributed by atoms with Gasteiger partial charge in [-0.2, -0.15) is 13.2 Å². The number of likely N-dealkylation sites (N-methyl/N-ethyl adjacent to an activating group) is 1. The molecule has 2 rings (SSSR count). The van der Waals surface area contributed by atoms with Crippen LogP contribution in [0.15, 0.2) is 4.99 Å². The standard InChI is InChI=1S/C19H31F3N4O2/c1-13-8-26(9-15(25(13)5)19(20,21)22)16(28)24-14-6-17(2,3)10-18(4,7-14)11-23-12-27/h13-15H,6-11H2,1-5H3,(H,24,28). The Morgan fingerprint density at radius 3 is 2.46 bits per heavy atom. The first-order chi connectivity index (χ1) is 12.8. The largest absolute Gasteiger partial charge is 0.405 e. The van der Waals surface area contributed by atoms with Crippen molar-refractivity contribution in [2.75, 3.05) is 26.7 Å². The molecule has 2 aliphatic rings.